The summed E-state index contributed by atoms with van der Waals surface area (Å²) in [7, 11) is 0. The van der Waals surface area contributed by atoms with Crippen molar-refractivity contribution < 1.29 is 19.5 Å². The molecule has 7 nitrogen and oxygen atoms in total. The monoisotopic (exact) mass is 329 g/mol. The number of nitrogens with one attached hydrogen (secondary N) is 1. The highest BCUT2D eigenvalue weighted by Crippen LogP contribution is 2.18. The summed E-state index contributed by atoms with van der Waals surface area (Å²) in [6.07, 6.45) is 4.48. The summed E-state index contributed by atoms with van der Waals surface area (Å²) in [5.41, 5.74) is 0.680. The summed E-state index contributed by atoms with van der Waals surface area (Å²) >= 11 is 0. The molecule has 0 atom stereocenters. The highest BCUT2D eigenvalue weighted by molar-refractivity contribution is 6.15. The van der Waals surface area contributed by atoms with Gasteiger partial charge in [-0.2, -0.15) is 0 Å². The van der Waals surface area contributed by atoms with Gasteiger partial charge in [-0.25, -0.2) is 9.69 Å². The molecule has 0 spiro atoms. The number of likely N-dealkylation sites (tertiary alicyclic amines) is 1. The minimum Gasteiger partial charge on any atom is -0.508 e. The molecule has 126 valence electrons. The van der Waals surface area contributed by atoms with Gasteiger partial charge in [-0.05, 0) is 43.0 Å². The Hall–Kier alpha value is -2.83. The molecule has 7 heteroatoms. The van der Waals surface area contributed by atoms with Crippen molar-refractivity contribution in [2.24, 2.45) is 0 Å². The molecule has 24 heavy (non-hydrogen) atoms. The number of urea groups is 1. The number of imide groups is 1. The highest BCUT2D eigenvalue weighted by Gasteiger charge is 2.35. The molecule has 0 bridgehead atoms. The molecule has 3 rings (SSSR count). The Labute approximate surface area is 139 Å². The van der Waals surface area contributed by atoms with Crippen LogP contribution in [0.3, 0.4) is 0 Å². The first-order chi connectivity index (χ1) is 11.5. The maximum absolute atomic E-state index is 12.4. The molecule has 1 aromatic rings. The van der Waals surface area contributed by atoms with Crippen molar-refractivity contribution in [3.63, 3.8) is 0 Å². The Kier molecular flexibility index (Phi) is 4.50. The number of hydrogen-bond acceptors (Lipinski definition) is 4. The van der Waals surface area contributed by atoms with Crippen LogP contribution in [0.5, 0.6) is 5.75 Å². The van der Waals surface area contributed by atoms with Crippen LogP contribution in [0.4, 0.5) is 4.79 Å². The fourth-order valence-electron chi connectivity index (χ4n) is 2.88. The molecule has 0 aromatic heterocycles. The van der Waals surface area contributed by atoms with Gasteiger partial charge in [0.25, 0.3) is 5.91 Å². The van der Waals surface area contributed by atoms with Gasteiger partial charge in [0, 0.05) is 13.1 Å². The standard InChI is InChI=1S/C17H19N3O4/c21-13-6-4-5-12(9-13)10-14-16(23)20(17(24)18-14)11-15(22)19-7-2-1-3-8-19/h4-6,9-10,21H,1-3,7-8,11H2,(H,18,24)/b14-10-. The van der Waals surface area contributed by atoms with Crippen molar-refractivity contribution in [3.8, 4) is 5.75 Å². The van der Waals surface area contributed by atoms with Crippen molar-refractivity contribution >= 4 is 23.9 Å². The first-order valence-electron chi connectivity index (χ1n) is 7.96. The molecule has 1 aromatic carbocycles. The second kappa shape index (κ2) is 6.74. The van der Waals surface area contributed by atoms with Crippen LogP contribution in [0.1, 0.15) is 24.8 Å². The molecule has 4 amide bonds. The number of carbonyl (C=O) groups excluding carboxylic acids is 3. The van der Waals surface area contributed by atoms with Crippen LogP contribution in [0.15, 0.2) is 30.0 Å². The van der Waals surface area contributed by atoms with Gasteiger partial charge in [0.15, 0.2) is 0 Å². The number of nitrogens with zero attached hydrogens (tertiary/aromatic N) is 2. The van der Waals surface area contributed by atoms with E-state index in [0.29, 0.717) is 18.7 Å². The molecule has 2 saturated heterocycles. The van der Waals surface area contributed by atoms with E-state index >= 15 is 0 Å². The van der Waals surface area contributed by atoms with E-state index in [1.165, 1.54) is 18.2 Å². The molecule has 2 N–H and O–H groups in total. The average Bonchev–Trinajstić information content (AvgIpc) is 2.83. The minimum atomic E-state index is -0.600. The largest absolute Gasteiger partial charge is 0.508 e. The normalized spacial score (nSPS) is 19.8. The predicted octanol–water partition coefficient (Wildman–Crippen LogP) is 1.30. The average molecular weight is 329 g/mol. The topological polar surface area (TPSA) is 90.0 Å². The molecule has 0 saturated carbocycles. The molecular weight excluding hydrogens is 310 g/mol. The number of piperidine rings is 1. The Morgan fingerprint density at radius 3 is 2.67 bits per heavy atom. The summed E-state index contributed by atoms with van der Waals surface area (Å²) in [4.78, 5) is 39.2. The fraction of sp³-hybridized carbons (Fsp3) is 0.353. The van der Waals surface area contributed by atoms with E-state index in [1.54, 1.807) is 17.0 Å². The molecule has 2 aliphatic heterocycles. The van der Waals surface area contributed by atoms with E-state index in [1.807, 2.05) is 0 Å². The quantitative estimate of drug-likeness (QED) is 0.646. The zero-order valence-corrected chi connectivity index (χ0v) is 13.2. The maximum atomic E-state index is 12.4. The molecule has 2 fully saturated rings. The Bertz CT molecular complexity index is 708. The van der Waals surface area contributed by atoms with Gasteiger partial charge in [0.05, 0.1) is 0 Å². The smallest absolute Gasteiger partial charge is 0.329 e. The number of aromatic hydroxyl groups is 1. The number of rotatable bonds is 3. The van der Waals surface area contributed by atoms with Crippen molar-refractivity contribution in [3.05, 3.63) is 35.5 Å². The van der Waals surface area contributed by atoms with Crippen LogP contribution in [-0.4, -0.2) is 52.4 Å². The van der Waals surface area contributed by atoms with Gasteiger partial charge in [-0.3, -0.25) is 9.59 Å². The summed E-state index contributed by atoms with van der Waals surface area (Å²) in [5.74, 6) is -0.677. The summed E-state index contributed by atoms with van der Waals surface area (Å²) in [5, 5.41) is 11.9. The molecular formula is C17H19N3O4. The third kappa shape index (κ3) is 3.40. The zero-order chi connectivity index (χ0) is 17.1. The molecule has 0 aliphatic carbocycles. The highest BCUT2D eigenvalue weighted by atomic mass is 16.3. The third-order valence-corrected chi connectivity index (χ3v) is 4.15. The first-order valence-corrected chi connectivity index (χ1v) is 7.96. The number of amides is 4. The first kappa shape index (κ1) is 16.0. The Morgan fingerprint density at radius 1 is 1.21 bits per heavy atom. The molecule has 2 heterocycles. The van der Waals surface area contributed by atoms with Crippen LogP contribution < -0.4 is 5.32 Å². The van der Waals surface area contributed by atoms with E-state index in [-0.39, 0.29) is 23.9 Å². The minimum absolute atomic E-state index is 0.0678. The SMILES string of the molecule is O=C(CN1C(=O)N/C(=C\c2cccc(O)c2)C1=O)N1CCCCC1. The van der Waals surface area contributed by atoms with Gasteiger partial charge in [0.1, 0.15) is 18.0 Å². The second-order valence-corrected chi connectivity index (χ2v) is 5.92. The van der Waals surface area contributed by atoms with E-state index in [0.717, 1.165) is 24.2 Å². The summed E-state index contributed by atoms with van der Waals surface area (Å²) in [6.45, 7) is 1.10. The second-order valence-electron chi connectivity index (χ2n) is 5.92. The van der Waals surface area contributed by atoms with Crippen LogP contribution in [0.2, 0.25) is 0 Å². The Morgan fingerprint density at radius 2 is 1.96 bits per heavy atom. The molecule has 2 aliphatic rings. The summed E-state index contributed by atoms with van der Waals surface area (Å²) < 4.78 is 0. The number of benzene rings is 1. The Balaban J connectivity index is 1.71. The van der Waals surface area contributed by atoms with Crippen LogP contribution in [-0.2, 0) is 9.59 Å². The van der Waals surface area contributed by atoms with Gasteiger partial charge in [-0.1, -0.05) is 12.1 Å². The predicted molar refractivity (Wildman–Crippen MR) is 86.8 cm³/mol. The number of phenols is 1. The van der Waals surface area contributed by atoms with E-state index in [9.17, 15) is 19.5 Å². The van der Waals surface area contributed by atoms with Crippen LogP contribution in [0.25, 0.3) is 6.08 Å². The fourth-order valence-corrected chi connectivity index (χ4v) is 2.88. The lowest BCUT2D eigenvalue weighted by Gasteiger charge is -2.27. The lowest BCUT2D eigenvalue weighted by atomic mass is 10.1. The van der Waals surface area contributed by atoms with E-state index in [2.05, 4.69) is 5.32 Å². The van der Waals surface area contributed by atoms with Gasteiger partial charge in [0.2, 0.25) is 5.91 Å². The molecule has 0 radical (unpaired) electrons. The van der Waals surface area contributed by atoms with Gasteiger partial charge in [-0.15, -0.1) is 0 Å². The van der Waals surface area contributed by atoms with Crippen LogP contribution in [0, 0.1) is 0 Å². The van der Waals surface area contributed by atoms with E-state index < -0.39 is 11.9 Å². The van der Waals surface area contributed by atoms with Crippen molar-refractivity contribution in [2.75, 3.05) is 19.6 Å². The summed E-state index contributed by atoms with van der Waals surface area (Å²) in [6, 6.07) is 5.74. The lowest BCUT2D eigenvalue weighted by Crippen LogP contribution is -2.44. The zero-order valence-electron chi connectivity index (χ0n) is 13.2. The molecule has 0 unspecified atom stereocenters. The van der Waals surface area contributed by atoms with Gasteiger partial charge < -0.3 is 15.3 Å². The van der Waals surface area contributed by atoms with Gasteiger partial charge >= 0.3 is 6.03 Å². The van der Waals surface area contributed by atoms with Crippen molar-refractivity contribution in [2.45, 2.75) is 19.3 Å². The third-order valence-electron chi connectivity index (χ3n) is 4.15. The lowest BCUT2D eigenvalue weighted by molar-refractivity contribution is -0.136. The van der Waals surface area contributed by atoms with Crippen molar-refractivity contribution in [1.29, 1.82) is 0 Å². The number of phenolic OH excluding ortho intramolecular Hbond substituents is 1. The maximum Gasteiger partial charge on any atom is 0.329 e. The van der Waals surface area contributed by atoms with E-state index in [4.69, 9.17) is 0 Å². The number of carbonyl (C=O) groups is 3. The number of hydrogen-bond donors (Lipinski definition) is 2. The van der Waals surface area contributed by atoms with Crippen LogP contribution >= 0.6 is 0 Å². The van der Waals surface area contributed by atoms with Crippen molar-refractivity contribution in [1.82, 2.24) is 15.1 Å².